The lowest BCUT2D eigenvalue weighted by atomic mass is 10.1. The van der Waals surface area contributed by atoms with Crippen LogP contribution in [-0.2, 0) is 18.4 Å². The molecule has 0 aliphatic carbocycles. The Morgan fingerprint density at radius 3 is 2.77 bits per heavy atom. The van der Waals surface area contributed by atoms with E-state index in [1.807, 2.05) is 6.07 Å². The number of carbonyl (C=O) groups is 1. The fourth-order valence-corrected chi connectivity index (χ4v) is 6.55. The van der Waals surface area contributed by atoms with Crippen LogP contribution in [0.3, 0.4) is 0 Å². The molecule has 1 aliphatic rings. The van der Waals surface area contributed by atoms with Gasteiger partial charge in [-0.3, -0.25) is 9.36 Å². The first-order valence-electron chi connectivity index (χ1n) is 9.35. The highest BCUT2D eigenvalue weighted by Crippen LogP contribution is 2.63. The maximum absolute atomic E-state index is 13.8. The molecule has 2 aromatic carbocycles. The summed E-state index contributed by atoms with van der Waals surface area (Å²) in [6.45, 7) is 0.405. The molecule has 0 radical (unpaired) electrons. The van der Waals surface area contributed by atoms with Crippen molar-refractivity contribution in [2.75, 3.05) is 13.2 Å². The van der Waals surface area contributed by atoms with Gasteiger partial charge in [-0.15, -0.1) is 11.3 Å². The summed E-state index contributed by atoms with van der Waals surface area (Å²) < 4.78 is 52.5. The smallest absolute Gasteiger partial charge is 0.332 e. The van der Waals surface area contributed by atoms with Gasteiger partial charge in [-0.1, -0.05) is 23.7 Å². The lowest BCUT2D eigenvalue weighted by Gasteiger charge is -2.29. The molecule has 3 aromatic rings. The molecule has 1 atom stereocenters. The fraction of sp³-hybridized carbons (Fsp3) is 0.190. The Labute approximate surface area is 186 Å². The summed E-state index contributed by atoms with van der Waals surface area (Å²) in [6.07, 6.45) is 2.95. The number of amides is 1. The third-order valence-electron chi connectivity index (χ3n) is 4.73. The molecule has 1 amide bonds. The van der Waals surface area contributed by atoms with Crippen LogP contribution in [0.2, 0.25) is 5.02 Å². The van der Waals surface area contributed by atoms with E-state index >= 15 is 0 Å². The normalized spacial score (nSPS) is 17.1. The van der Waals surface area contributed by atoms with Crippen LogP contribution in [-0.4, -0.2) is 19.1 Å². The van der Waals surface area contributed by atoms with Crippen LogP contribution < -0.4 is 5.32 Å². The molecule has 2 heterocycles. The molecule has 0 spiro atoms. The lowest BCUT2D eigenvalue weighted by molar-refractivity contribution is -0.120. The van der Waals surface area contributed by atoms with Crippen molar-refractivity contribution in [3.05, 3.63) is 75.8 Å². The second-order valence-corrected chi connectivity index (χ2v) is 10.2. The number of hydrogen-bond donors (Lipinski definition) is 1. The second-order valence-electron chi connectivity index (χ2n) is 6.78. The van der Waals surface area contributed by atoms with E-state index in [0.717, 1.165) is 10.8 Å². The molecular formula is C21H17ClF2NO4PS. The van der Waals surface area contributed by atoms with Crippen molar-refractivity contribution >= 4 is 52.6 Å². The van der Waals surface area contributed by atoms with Gasteiger partial charge in [0.25, 0.3) is 0 Å². The first kappa shape index (κ1) is 22.1. The Kier molecular flexibility index (Phi) is 6.55. The zero-order chi connectivity index (χ0) is 22.0. The van der Waals surface area contributed by atoms with E-state index in [-0.39, 0.29) is 18.8 Å². The Hall–Kier alpha value is -2.09. The van der Waals surface area contributed by atoms with Crippen LogP contribution in [0.5, 0.6) is 0 Å². The number of halogens is 3. The van der Waals surface area contributed by atoms with Gasteiger partial charge in [-0.25, -0.2) is 8.78 Å². The first-order chi connectivity index (χ1) is 14.9. The number of benzene rings is 2. The van der Waals surface area contributed by atoms with Crippen LogP contribution in [0.1, 0.15) is 23.2 Å². The van der Waals surface area contributed by atoms with Gasteiger partial charge in [-0.2, -0.15) is 0 Å². The molecule has 1 saturated heterocycles. The summed E-state index contributed by atoms with van der Waals surface area (Å²) >= 11 is 7.50. The molecule has 1 aromatic heterocycles. The standard InChI is InChI=1S/C21H17ClF2NO4PS/c22-14-5-6-18-15(11-14)16(12-31-18)20(30(27)28-9-2-10-29-30)21(26)25-8-7-13-3-1-4-17(23)19(13)24/h1,3-8,11-12,20H,2,9-10H2,(H,25,26)/b8-7+. The summed E-state index contributed by atoms with van der Waals surface area (Å²) in [5.41, 5.74) is -0.820. The lowest BCUT2D eigenvalue weighted by Crippen LogP contribution is -2.28. The van der Waals surface area contributed by atoms with Gasteiger partial charge in [0.1, 0.15) is 0 Å². The number of rotatable bonds is 5. The van der Waals surface area contributed by atoms with Crippen LogP contribution in [0, 0.1) is 11.6 Å². The Bertz CT molecular complexity index is 1210. The van der Waals surface area contributed by atoms with E-state index in [1.54, 1.807) is 17.5 Å². The molecule has 4 rings (SSSR count). The van der Waals surface area contributed by atoms with E-state index < -0.39 is 30.8 Å². The Morgan fingerprint density at radius 1 is 1.23 bits per heavy atom. The topological polar surface area (TPSA) is 64.6 Å². The monoisotopic (exact) mass is 483 g/mol. The maximum Gasteiger partial charge on any atom is 0.347 e. The highest BCUT2D eigenvalue weighted by molar-refractivity contribution is 7.55. The molecule has 1 fully saturated rings. The van der Waals surface area contributed by atoms with Crippen LogP contribution in [0.4, 0.5) is 8.78 Å². The molecule has 10 heteroatoms. The van der Waals surface area contributed by atoms with E-state index in [9.17, 15) is 18.1 Å². The minimum Gasteiger partial charge on any atom is -0.332 e. The van der Waals surface area contributed by atoms with Crippen molar-refractivity contribution in [3.8, 4) is 0 Å². The highest BCUT2D eigenvalue weighted by atomic mass is 35.5. The van der Waals surface area contributed by atoms with Crippen molar-refractivity contribution in [3.63, 3.8) is 0 Å². The largest absolute Gasteiger partial charge is 0.347 e. The molecule has 5 nitrogen and oxygen atoms in total. The molecule has 162 valence electrons. The quantitative estimate of drug-likeness (QED) is 0.433. The number of thiophene rings is 1. The molecule has 0 bridgehead atoms. The fourth-order valence-electron chi connectivity index (χ4n) is 3.26. The third-order valence-corrected chi connectivity index (χ3v) is 8.17. The summed E-state index contributed by atoms with van der Waals surface area (Å²) in [4.78, 5) is 13.1. The summed E-state index contributed by atoms with van der Waals surface area (Å²) in [7, 11) is -3.83. The average Bonchev–Trinajstić information content (AvgIpc) is 3.14. The van der Waals surface area contributed by atoms with Gasteiger partial charge in [0.15, 0.2) is 17.3 Å². The number of fused-ring (bicyclic) bond motifs is 1. The molecule has 31 heavy (non-hydrogen) atoms. The van der Waals surface area contributed by atoms with E-state index in [0.29, 0.717) is 22.4 Å². The van der Waals surface area contributed by atoms with E-state index in [1.165, 1.54) is 35.7 Å². The van der Waals surface area contributed by atoms with Crippen LogP contribution >= 0.6 is 30.5 Å². The molecule has 1 N–H and O–H groups in total. The van der Waals surface area contributed by atoms with Crippen molar-refractivity contribution in [2.45, 2.75) is 12.1 Å². The Balaban J connectivity index is 1.68. The second kappa shape index (κ2) is 9.18. The minimum atomic E-state index is -3.83. The highest BCUT2D eigenvalue weighted by Gasteiger charge is 2.45. The van der Waals surface area contributed by atoms with Crippen molar-refractivity contribution in [1.29, 1.82) is 0 Å². The summed E-state index contributed by atoms with van der Waals surface area (Å²) in [5.74, 6) is -2.69. The van der Waals surface area contributed by atoms with Gasteiger partial charge >= 0.3 is 7.60 Å². The first-order valence-corrected chi connectivity index (χ1v) is 12.2. The molecular weight excluding hydrogens is 467 g/mol. The van der Waals surface area contributed by atoms with Crippen LogP contribution in [0.15, 0.2) is 48.0 Å². The predicted molar refractivity (Wildman–Crippen MR) is 117 cm³/mol. The van der Waals surface area contributed by atoms with Crippen molar-refractivity contribution < 1.29 is 27.2 Å². The molecule has 1 unspecified atom stereocenters. The van der Waals surface area contributed by atoms with Gasteiger partial charge in [0.05, 0.1) is 13.2 Å². The number of nitrogens with one attached hydrogen (secondary N) is 1. The van der Waals surface area contributed by atoms with Gasteiger partial charge < -0.3 is 14.4 Å². The third kappa shape index (κ3) is 4.59. The van der Waals surface area contributed by atoms with Gasteiger partial charge in [0.2, 0.25) is 5.91 Å². The van der Waals surface area contributed by atoms with Gasteiger partial charge in [0, 0.05) is 21.5 Å². The van der Waals surface area contributed by atoms with E-state index in [2.05, 4.69) is 5.32 Å². The zero-order valence-electron chi connectivity index (χ0n) is 16.0. The zero-order valence-corrected chi connectivity index (χ0v) is 18.5. The molecule has 1 aliphatic heterocycles. The minimum absolute atomic E-state index is 0.0404. The number of hydrogen-bond acceptors (Lipinski definition) is 5. The summed E-state index contributed by atoms with van der Waals surface area (Å²) in [5, 5.41) is 5.36. The van der Waals surface area contributed by atoms with Gasteiger partial charge in [-0.05, 0) is 53.1 Å². The SMILES string of the molecule is O=C(N/C=C/c1cccc(F)c1F)C(c1csc2ccc(Cl)cc12)P1(=O)OCCCO1. The van der Waals surface area contributed by atoms with Crippen molar-refractivity contribution in [1.82, 2.24) is 5.32 Å². The Morgan fingerprint density at radius 2 is 2.00 bits per heavy atom. The van der Waals surface area contributed by atoms with Crippen molar-refractivity contribution in [2.24, 2.45) is 0 Å². The number of carbonyl (C=O) groups excluding carboxylic acids is 1. The average molecular weight is 484 g/mol. The molecule has 0 saturated carbocycles. The van der Waals surface area contributed by atoms with E-state index in [4.69, 9.17) is 20.6 Å². The maximum atomic E-state index is 13.8. The van der Waals surface area contributed by atoms with Crippen LogP contribution in [0.25, 0.3) is 16.2 Å². The predicted octanol–water partition coefficient (Wildman–Crippen LogP) is 6.29. The summed E-state index contributed by atoms with van der Waals surface area (Å²) in [6, 6.07) is 8.94.